The minimum Gasteiger partial charge on any atom is -0.337 e. The molecule has 1 amide bonds. The van der Waals surface area contributed by atoms with Crippen LogP contribution in [0, 0.1) is 0 Å². The van der Waals surface area contributed by atoms with Crippen molar-refractivity contribution in [2.45, 2.75) is 33.1 Å². The number of carbonyl (C=O) groups is 2. The zero-order chi connectivity index (χ0) is 26.9. The van der Waals surface area contributed by atoms with Gasteiger partial charge in [-0.15, -0.1) is 11.3 Å². The molecule has 0 saturated carbocycles. The Morgan fingerprint density at radius 1 is 1.05 bits per heavy atom. The van der Waals surface area contributed by atoms with E-state index in [0.717, 1.165) is 55.7 Å². The molecule has 5 heterocycles. The van der Waals surface area contributed by atoms with Gasteiger partial charge in [-0.1, -0.05) is 25.5 Å². The molecule has 0 radical (unpaired) electrons. The van der Waals surface area contributed by atoms with Crippen LogP contribution in [-0.2, 0) is 4.79 Å². The van der Waals surface area contributed by atoms with Gasteiger partial charge in [-0.05, 0) is 43.7 Å². The molecule has 194 valence electrons. The van der Waals surface area contributed by atoms with E-state index in [0.29, 0.717) is 29.3 Å². The van der Waals surface area contributed by atoms with Crippen LogP contribution in [-0.4, -0.2) is 41.8 Å². The first kappa shape index (κ1) is 24.6. The lowest BCUT2D eigenvalue weighted by Gasteiger charge is -2.07. The second-order valence-corrected chi connectivity index (χ2v) is 10.4. The van der Waals surface area contributed by atoms with Crippen LogP contribution in [0.1, 0.15) is 42.8 Å². The number of hydrogen-bond acceptors (Lipinski definition) is 7. The Balaban J connectivity index is 1.36. The first-order valence-electron chi connectivity index (χ1n) is 12.7. The molecule has 1 aromatic carbocycles. The number of Topliss-reactive ketones (excluding diaryl/α,β-unsaturated/α-hetero) is 1. The summed E-state index contributed by atoms with van der Waals surface area (Å²) in [5.74, 6) is 0.646. The third-order valence-corrected chi connectivity index (χ3v) is 7.70. The molecule has 10 heteroatoms. The zero-order valence-corrected chi connectivity index (χ0v) is 22.2. The van der Waals surface area contributed by atoms with Crippen LogP contribution in [0.4, 0.5) is 5.69 Å². The summed E-state index contributed by atoms with van der Waals surface area (Å²) < 4.78 is 0. The number of amides is 1. The van der Waals surface area contributed by atoms with Crippen LogP contribution in [0.15, 0.2) is 61.1 Å². The van der Waals surface area contributed by atoms with E-state index in [1.165, 1.54) is 11.3 Å². The number of nitrogens with zero attached hydrogens (tertiary/aromatic N) is 4. The standard InChI is InChI=1S/C29H25N7O2S/c1-3-4-8-26(38)32-18-11-17(13-30-14-18)22-12-20-23(15-31-22)35-36-28(20)29-33-21-7-5-6-19(27(21)34-29)25-10-9-24(39-25)16(2)37/h5-7,9-15H,3-4,8H2,1-2H3,(H,32,38)(H,33,34)(H,35,36). The third kappa shape index (κ3) is 4.82. The molecular weight excluding hydrogens is 510 g/mol. The highest BCUT2D eigenvalue weighted by Crippen LogP contribution is 2.35. The molecule has 6 rings (SSSR count). The van der Waals surface area contributed by atoms with Gasteiger partial charge in [-0.2, -0.15) is 5.10 Å². The summed E-state index contributed by atoms with van der Waals surface area (Å²) in [5.41, 5.74) is 6.21. The number of unbranched alkanes of at least 4 members (excludes halogenated alkanes) is 1. The monoisotopic (exact) mass is 535 g/mol. The van der Waals surface area contributed by atoms with Crippen LogP contribution in [0.5, 0.6) is 0 Å². The second kappa shape index (κ2) is 10.2. The fourth-order valence-electron chi connectivity index (χ4n) is 4.48. The highest BCUT2D eigenvalue weighted by atomic mass is 32.1. The fraction of sp³-hybridized carbons (Fsp3) is 0.172. The number of aromatic amines is 2. The van der Waals surface area contributed by atoms with Crippen molar-refractivity contribution in [3.8, 4) is 33.2 Å². The first-order chi connectivity index (χ1) is 19.0. The molecule has 5 aromatic heterocycles. The highest BCUT2D eigenvalue weighted by Gasteiger charge is 2.17. The average Bonchev–Trinajstić information content (AvgIpc) is 3.69. The molecule has 39 heavy (non-hydrogen) atoms. The Hall–Kier alpha value is -4.70. The summed E-state index contributed by atoms with van der Waals surface area (Å²) in [7, 11) is 0. The van der Waals surface area contributed by atoms with Gasteiger partial charge in [0.2, 0.25) is 5.91 Å². The minimum absolute atomic E-state index is 0.0272. The van der Waals surface area contributed by atoms with Crippen molar-refractivity contribution in [1.82, 2.24) is 30.1 Å². The van der Waals surface area contributed by atoms with Gasteiger partial charge in [0.05, 0.1) is 45.2 Å². The van der Waals surface area contributed by atoms with Gasteiger partial charge in [-0.3, -0.25) is 24.7 Å². The molecule has 6 aromatic rings. The molecule has 3 N–H and O–H groups in total. The van der Waals surface area contributed by atoms with Gasteiger partial charge in [0.25, 0.3) is 0 Å². The number of H-pyrrole nitrogens is 2. The number of benzene rings is 1. The molecule has 0 unspecified atom stereocenters. The third-order valence-electron chi connectivity index (χ3n) is 6.48. The minimum atomic E-state index is -0.0272. The summed E-state index contributed by atoms with van der Waals surface area (Å²) >= 11 is 1.46. The van der Waals surface area contributed by atoms with Crippen molar-refractivity contribution in [2.75, 3.05) is 5.32 Å². The summed E-state index contributed by atoms with van der Waals surface area (Å²) in [5, 5.41) is 11.4. The molecule has 0 fully saturated rings. The van der Waals surface area contributed by atoms with Crippen molar-refractivity contribution in [2.24, 2.45) is 0 Å². The van der Waals surface area contributed by atoms with E-state index in [1.807, 2.05) is 42.5 Å². The molecule has 0 aliphatic heterocycles. The van der Waals surface area contributed by atoms with E-state index < -0.39 is 0 Å². The van der Waals surface area contributed by atoms with Crippen molar-refractivity contribution >= 4 is 50.7 Å². The summed E-state index contributed by atoms with van der Waals surface area (Å²) in [6.45, 7) is 3.63. The number of pyridine rings is 2. The number of fused-ring (bicyclic) bond motifs is 2. The molecule has 0 aliphatic carbocycles. The van der Waals surface area contributed by atoms with Gasteiger partial charge >= 0.3 is 0 Å². The van der Waals surface area contributed by atoms with Crippen molar-refractivity contribution in [3.63, 3.8) is 0 Å². The highest BCUT2D eigenvalue weighted by molar-refractivity contribution is 7.17. The second-order valence-electron chi connectivity index (χ2n) is 9.31. The van der Waals surface area contributed by atoms with Gasteiger partial charge in [0.1, 0.15) is 5.69 Å². The first-order valence-corrected chi connectivity index (χ1v) is 13.5. The number of thiophene rings is 1. The number of rotatable bonds is 8. The average molecular weight is 536 g/mol. The number of nitrogens with one attached hydrogen (secondary N) is 3. The van der Waals surface area contributed by atoms with Crippen LogP contribution >= 0.6 is 11.3 Å². The smallest absolute Gasteiger partial charge is 0.224 e. The van der Waals surface area contributed by atoms with E-state index in [2.05, 4.69) is 37.4 Å². The lowest BCUT2D eigenvalue weighted by molar-refractivity contribution is -0.116. The maximum absolute atomic E-state index is 12.2. The molecule has 0 aliphatic rings. The number of para-hydroxylation sites is 1. The number of carbonyl (C=O) groups excluding carboxylic acids is 2. The van der Waals surface area contributed by atoms with Crippen LogP contribution < -0.4 is 5.32 Å². The lowest BCUT2D eigenvalue weighted by atomic mass is 10.1. The number of hydrogen-bond donors (Lipinski definition) is 3. The quantitative estimate of drug-likeness (QED) is 0.188. The van der Waals surface area contributed by atoms with Crippen LogP contribution in [0.3, 0.4) is 0 Å². The number of imidazole rings is 1. The van der Waals surface area contributed by atoms with Crippen molar-refractivity contribution in [1.29, 1.82) is 0 Å². The van der Waals surface area contributed by atoms with E-state index in [4.69, 9.17) is 4.98 Å². The molecule has 0 saturated heterocycles. The molecule has 0 bridgehead atoms. The summed E-state index contributed by atoms with van der Waals surface area (Å²) in [4.78, 5) is 42.9. The zero-order valence-electron chi connectivity index (χ0n) is 21.4. The van der Waals surface area contributed by atoms with Crippen molar-refractivity contribution in [3.05, 3.63) is 65.9 Å². The number of ketones is 1. The number of aromatic nitrogens is 6. The largest absolute Gasteiger partial charge is 0.337 e. The predicted molar refractivity (Wildman–Crippen MR) is 154 cm³/mol. The van der Waals surface area contributed by atoms with Gasteiger partial charge in [0.15, 0.2) is 11.6 Å². The van der Waals surface area contributed by atoms with E-state index >= 15 is 0 Å². The van der Waals surface area contributed by atoms with E-state index in [9.17, 15) is 9.59 Å². The molecule has 0 spiro atoms. The van der Waals surface area contributed by atoms with Gasteiger partial charge in [0, 0.05) is 34.0 Å². The van der Waals surface area contributed by atoms with Crippen LogP contribution in [0.25, 0.3) is 55.2 Å². The molecular formula is C29H25N7O2S. The Morgan fingerprint density at radius 2 is 1.95 bits per heavy atom. The normalized spacial score (nSPS) is 11.3. The Labute approximate surface area is 227 Å². The SMILES string of the molecule is CCCCC(=O)Nc1cncc(-c2cc3c(-c4nc5c(-c6ccc(C(C)=O)s6)cccc5[nH]4)n[nH]c3cn2)c1. The lowest BCUT2D eigenvalue weighted by Crippen LogP contribution is -2.11. The predicted octanol–water partition coefficient (Wildman–Crippen LogP) is 6.62. The maximum Gasteiger partial charge on any atom is 0.224 e. The Bertz CT molecular complexity index is 1850. The summed E-state index contributed by atoms with van der Waals surface area (Å²) in [6, 6.07) is 13.6. The van der Waals surface area contributed by atoms with E-state index in [-0.39, 0.29) is 11.7 Å². The Morgan fingerprint density at radius 3 is 2.77 bits per heavy atom. The van der Waals surface area contributed by atoms with Gasteiger partial charge in [-0.25, -0.2) is 4.98 Å². The van der Waals surface area contributed by atoms with Crippen molar-refractivity contribution < 1.29 is 9.59 Å². The topological polar surface area (TPSA) is 129 Å². The number of anilines is 1. The Kier molecular flexibility index (Phi) is 6.45. The molecule has 0 atom stereocenters. The fourth-order valence-corrected chi connectivity index (χ4v) is 5.41. The van der Waals surface area contributed by atoms with Gasteiger partial charge < -0.3 is 10.3 Å². The maximum atomic E-state index is 12.2. The summed E-state index contributed by atoms with van der Waals surface area (Å²) in [6.07, 6.45) is 7.37. The van der Waals surface area contributed by atoms with E-state index in [1.54, 1.807) is 25.5 Å². The van der Waals surface area contributed by atoms with Crippen LogP contribution in [0.2, 0.25) is 0 Å². The molecule has 9 nitrogen and oxygen atoms in total.